The fourth-order valence-corrected chi connectivity index (χ4v) is 3.58. The minimum atomic E-state index is -0.443. The highest BCUT2D eigenvalue weighted by molar-refractivity contribution is 5.65. The first-order valence-electron chi connectivity index (χ1n) is 10.3. The summed E-state index contributed by atoms with van der Waals surface area (Å²) >= 11 is 0. The molecule has 0 radical (unpaired) electrons. The van der Waals surface area contributed by atoms with Crippen molar-refractivity contribution in [3.05, 3.63) is 66.0 Å². The topological polar surface area (TPSA) is 50.5 Å². The largest absolute Gasteiger partial charge is 0.439 e. The Morgan fingerprint density at radius 2 is 1.70 bits per heavy atom. The molecule has 1 N–H and O–H groups in total. The molecule has 0 amide bonds. The summed E-state index contributed by atoms with van der Waals surface area (Å²) in [6.07, 6.45) is -0.443. The van der Waals surface area contributed by atoms with Crippen LogP contribution in [0.15, 0.2) is 54.6 Å². The number of aliphatic hydroxyl groups excluding tert-OH is 1. The Labute approximate surface area is 177 Å². The number of halogens is 1. The molecule has 1 atom stereocenters. The molecule has 2 aromatic carbocycles. The summed E-state index contributed by atoms with van der Waals surface area (Å²) in [5, 5.41) is 14.7. The predicted octanol–water partition coefficient (Wildman–Crippen LogP) is 4.86. The quantitative estimate of drug-likeness (QED) is 0.546. The summed E-state index contributed by atoms with van der Waals surface area (Å²) < 4.78 is 21.2. The molecule has 0 aliphatic rings. The van der Waals surface area contributed by atoms with Gasteiger partial charge in [0.2, 0.25) is 5.88 Å². The molecule has 3 aromatic rings. The van der Waals surface area contributed by atoms with E-state index in [1.807, 2.05) is 37.4 Å². The van der Waals surface area contributed by atoms with Crippen LogP contribution in [-0.2, 0) is 13.6 Å². The monoisotopic (exact) mass is 411 g/mol. The molecular weight excluding hydrogens is 381 g/mol. The molecule has 0 aliphatic carbocycles. The maximum Gasteiger partial charge on any atom is 0.222 e. The van der Waals surface area contributed by atoms with Gasteiger partial charge in [0.25, 0.3) is 0 Å². The summed E-state index contributed by atoms with van der Waals surface area (Å²) in [7, 11) is 1.84. The molecule has 0 saturated heterocycles. The zero-order valence-electron chi connectivity index (χ0n) is 18.0. The normalized spacial score (nSPS) is 12.5. The van der Waals surface area contributed by atoms with Gasteiger partial charge in [0.1, 0.15) is 17.3 Å². The maximum absolute atomic E-state index is 13.3. The Balaban J connectivity index is 2.02. The zero-order valence-corrected chi connectivity index (χ0v) is 18.0. The van der Waals surface area contributed by atoms with Gasteiger partial charge < -0.3 is 9.84 Å². The van der Waals surface area contributed by atoms with Gasteiger partial charge in [-0.1, -0.05) is 44.2 Å². The van der Waals surface area contributed by atoms with Crippen LogP contribution in [0.5, 0.6) is 11.6 Å². The van der Waals surface area contributed by atoms with Crippen LogP contribution in [0.1, 0.15) is 26.3 Å². The highest BCUT2D eigenvalue weighted by atomic mass is 19.1. The molecule has 0 bridgehead atoms. The number of benzene rings is 2. The van der Waals surface area contributed by atoms with E-state index >= 15 is 0 Å². The first-order valence-corrected chi connectivity index (χ1v) is 10.3. The molecule has 1 aromatic heterocycles. The van der Waals surface area contributed by atoms with Gasteiger partial charge in [-0.3, -0.25) is 4.90 Å². The third kappa shape index (κ3) is 5.68. The van der Waals surface area contributed by atoms with E-state index in [2.05, 4.69) is 18.7 Å². The molecule has 0 unspecified atom stereocenters. The van der Waals surface area contributed by atoms with Crippen molar-refractivity contribution in [2.45, 2.75) is 33.4 Å². The van der Waals surface area contributed by atoms with Crippen molar-refractivity contribution in [3.8, 4) is 22.9 Å². The molecule has 3 rings (SSSR count). The second kappa shape index (κ2) is 9.87. The summed E-state index contributed by atoms with van der Waals surface area (Å²) in [6.45, 7) is 8.09. The summed E-state index contributed by atoms with van der Waals surface area (Å²) in [5.41, 5.74) is 2.78. The van der Waals surface area contributed by atoms with Crippen molar-refractivity contribution in [1.29, 1.82) is 0 Å². The van der Waals surface area contributed by atoms with Gasteiger partial charge in [0, 0.05) is 32.2 Å². The van der Waals surface area contributed by atoms with Gasteiger partial charge in [0.15, 0.2) is 0 Å². The van der Waals surface area contributed by atoms with Crippen LogP contribution in [-0.4, -0.2) is 39.0 Å². The lowest BCUT2D eigenvalue weighted by Gasteiger charge is -2.26. The highest BCUT2D eigenvalue weighted by Crippen LogP contribution is 2.34. The molecule has 30 heavy (non-hydrogen) atoms. The van der Waals surface area contributed by atoms with Crippen molar-refractivity contribution >= 4 is 0 Å². The number of hydrogen-bond acceptors (Lipinski definition) is 4. The number of aryl methyl sites for hydroxylation is 1. The molecule has 5 nitrogen and oxygen atoms in total. The van der Waals surface area contributed by atoms with E-state index in [9.17, 15) is 9.50 Å². The molecule has 0 fully saturated rings. The number of rotatable bonds is 9. The molecule has 6 heteroatoms. The van der Waals surface area contributed by atoms with E-state index in [0.717, 1.165) is 23.4 Å². The fourth-order valence-electron chi connectivity index (χ4n) is 3.58. The second-order valence-corrected chi connectivity index (χ2v) is 8.11. The van der Waals surface area contributed by atoms with Gasteiger partial charge >= 0.3 is 0 Å². The van der Waals surface area contributed by atoms with E-state index < -0.39 is 6.10 Å². The van der Waals surface area contributed by atoms with E-state index in [1.54, 1.807) is 23.7 Å². The van der Waals surface area contributed by atoms with Gasteiger partial charge in [0.05, 0.1) is 11.7 Å². The predicted molar refractivity (Wildman–Crippen MR) is 117 cm³/mol. The van der Waals surface area contributed by atoms with Crippen LogP contribution >= 0.6 is 0 Å². The molecular formula is C24H30FN3O2. The van der Waals surface area contributed by atoms with Crippen LogP contribution < -0.4 is 4.74 Å². The van der Waals surface area contributed by atoms with Crippen molar-refractivity contribution in [2.75, 3.05) is 13.1 Å². The van der Waals surface area contributed by atoms with E-state index in [-0.39, 0.29) is 5.82 Å². The minimum Gasteiger partial charge on any atom is -0.439 e. The lowest BCUT2D eigenvalue weighted by molar-refractivity contribution is 0.114. The van der Waals surface area contributed by atoms with Gasteiger partial charge in [-0.15, -0.1) is 0 Å². The Morgan fingerprint density at radius 1 is 1.03 bits per heavy atom. The summed E-state index contributed by atoms with van der Waals surface area (Å²) in [4.78, 5) is 2.22. The molecule has 0 saturated carbocycles. The Hall–Kier alpha value is -2.70. The van der Waals surface area contributed by atoms with Gasteiger partial charge in [-0.05, 0) is 37.1 Å². The van der Waals surface area contributed by atoms with E-state index in [4.69, 9.17) is 9.84 Å². The maximum atomic E-state index is 13.3. The van der Waals surface area contributed by atoms with E-state index in [0.29, 0.717) is 30.6 Å². The number of nitrogens with zero attached hydrogens (tertiary/aromatic N) is 3. The lowest BCUT2D eigenvalue weighted by atomic mass is 10.1. The van der Waals surface area contributed by atoms with Crippen molar-refractivity contribution in [2.24, 2.45) is 13.0 Å². The average molecular weight is 412 g/mol. The number of ether oxygens (including phenoxy) is 1. The average Bonchev–Trinajstić information content (AvgIpc) is 2.99. The standard InChI is InChI=1S/C24H30FN3O2/c1-17(2)14-28(15-18(3)29)16-22-23(19-8-6-5-7-9-19)26-27(4)24(22)30-21-12-10-20(25)11-13-21/h5-13,17-18,29H,14-16H2,1-4H3/t18-/m1/s1. The second-order valence-electron chi connectivity index (χ2n) is 8.11. The van der Waals surface area contributed by atoms with Crippen LogP contribution in [0.2, 0.25) is 0 Å². The molecule has 160 valence electrons. The lowest BCUT2D eigenvalue weighted by Crippen LogP contribution is -2.33. The van der Waals surface area contributed by atoms with Crippen molar-refractivity contribution in [3.63, 3.8) is 0 Å². The fraction of sp³-hybridized carbons (Fsp3) is 0.375. The number of aliphatic hydroxyl groups is 1. The smallest absolute Gasteiger partial charge is 0.222 e. The Kier molecular flexibility index (Phi) is 7.24. The van der Waals surface area contributed by atoms with Crippen molar-refractivity contribution in [1.82, 2.24) is 14.7 Å². The third-order valence-corrected chi connectivity index (χ3v) is 4.69. The van der Waals surface area contributed by atoms with Crippen molar-refractivity contribution < 1.29 is 14.2 Å². The highest BCUT2D eigenvalue weighted by Gasteiger charge is 2.23. The minimum absolute atomic E-state index is 0.308. The van der Waals surface area contributed by atoms with Crippen LogP contribution in [0, 0.1) is 11.7 Å². The van der Waals surface area contributed by atoms with Crippen LogP contribution in [0.4, 0.5) is 4.39 Å². The molecule has 0 spiro atoms. The van der Waals surface area contributed by atoms with Crippen LogP contribution in [0.25, 0.3) is 11.3 Å². The number of hydrogen-bond donors (Lipinski definition) is 1. The number of aromatic nitrogens is 2. The summed E-state index contributed by atoms with van der Waals surface area (Å²) in [5.74, 6) is 1.30. The summed E-state index contributed by atoms with van der Waals surface area (Å²) in [6, 6.07) is 16.0. The Morgan fingerprint density at radius 3 is 2.30 bits per heavy atom. The van der Waals surface area contributed by atoms with E-state index in [1.165, 1.54) is 12.1 Å². The SMILES string of the molecule is CC(C)CN(Cc1c(-c2ccccc2)nn(C)c1Oc1ccc(F)cc1)C[C@@H](C)O. The first kappa shape index (κ1) is 22.0. The third-order valence-electron chi connectivity index (χ3n) is 4.69. The molecule has 0 aliphatic heterocycles. The van der Waals surface area contributed by atoms with Gasteiger partial charge in [-0.2, -0.15) is 5.10 Å². The van der Waals surface area contributed by atoms with Crippen LogP contribution in [0.3, 0.4) is 0 Å². The first-order chi connectivity index (χ1) is 14.3. The van der Waals surface area contributed by atoms with Gasteiger partial charge in [-0.25, -0.2) is 9.07 Å². The molecule has 1 heterocycles. The zero-order chi connectivity index (χ0) is 21.7. The Bertz CT molecular complexity index is 927.